The van der Waals surface area contributed by atoms with Gasteiger partial charge in [-0.25, -0.2) is 0 Å². The Balaban J connectivity index is 1.38. The van der Waals surface area contributed by atoms with Crippen LogP contribution in [-0.4, -0.2) is 28.4 Å². The topological polar surface area (TPSA) is 46.2 Å². The smallest absolute Gasteiger partial charge is 0.178 e. The molecule has 9 rings (SSSR count). The van der Waals surface area contributed by atoms with Crippen LogP contribution in [0.5, 0.6) is 28.7 Å². The van der Waals surface area contributed by atoms with Crippen LogP contribution < -0.4 is 23.7 Å². The van der Waals surface area contributed by atoms with Gasteiger partial charge in [0.05, 0.1) is 28.4 Å². The maximum absolute atomic E-state index is 7.63. The third kappa shape index (κ3) is 4.17. The fourth-order valence-electron chi connectivity index (χ4n) is 10.1. The Kier molecular flexibility index (Phi) is 6.98. The number of methoxy groups -OCH3 is 4. The number of fused-ring (bicyclic) bond motifs is 8. The molecule has 0 saturated heterocycles. The van der Waals surface area contributed by atoms with E-state index in [2.05, 4.69) is 72.8 Å². The molecule has 1 spiro atoms. The van der Waals surface area contributed by atoms with Crippen molar-refractivity contribution in [1.82, 2.24) is 0 Å². The first-order valence-electron chi connectivity index (χ1n) is 17.6. The Bertz CT molecular complexity index is 2040. The molecule has 1 heterocycles. The van der Waals surface area contributed by atoms with Crippen LogP contribution in [0.15, 0.2) is 91.0 Å². The average Bonchev–Trinajstić information content (AvgIpc) is 3.44. The number of rotatable bonds is 6. The van der Waals surface area contributed by atoms with E-state index in [9.17, 15) is 0 Å². The quantitative estimate of drug-likeness (QED) is 0.183. The van der Waals surface area contributed by atoms with Crippen LogP contribution >= 0.6 is 0 Å². The minimum absolute atomic E-state index is 0.0954. The molecule has 5 heteroatoms. The molecule has 0 atom stereocenters. The fraction of sp³-hybridized carbons (Fsp3) is 0.318. The van der Waals surface area contributed by atoms with E-state index in [-0.39, 0.29) is 5.41 Å². The largest absolute Gasteiger partial charge is 0.497 e. The molecule has 0 amide bonds. The molecular formula is C44H42O5. The van der Waals surface area contributed by atoms with Crippen molar-refractivity contribution in [1.29, 1.82) is 0 Å². The number of hydrogen-bond donors (Lipinski definition) is 0. The Morgan fingerprint density at radius 1 is 0.592 bits per heavy atom. The van der Waals surface area contributed by atoms with E-state index in [0.29, 0.717) is 11.8 Å². The highest BCUT2D eigenvalue weighted by Gasteiger charge is 2.58. The Morgan fingerprint density at radius 2 is 1.12 bits per heavy atom. The van der Waals surface area contributed by atoms with Crippen LogP contribution in [0, 0.1) is 11.8 Å². The van der Waals surface area contributed by atoms with Gasteiger partial charge in [-0.2, -0.15) is 0 Å². The van der Waals surface area contributed by atoms with E-state index in [0.717, 1.165) is 45.3 Å². The van der Waals surface area contributed by atoms with Crippen molar-refractivity contribution in [2.75, 3.05) is 28.4 Å². The van der Waals surface area contributed by atoms with Gasteiger partial charge in [0.15, 0.2) is 5.60 Å². The molecule has 5 nitrogen and oxygen atoms in total. The lowest BCUT2D eigenvalue weighted by Crippen LogP contribution is -2.48. The van der Waals surface area contributed by atoms with E-state index in [1.165, 1.54) is 71.7 Å². The lowest BCUT2D eigenvalue weighted by atomic mass is 9.50. The molecule has 0 unspecified atom stereocenters. The van der Waals surface area contributed by atoms with E-state index in [1.807, 2.05) is 24.3 Å². The van der Waals surface area contributed by atoms with Crippen molar-refractivity contribution in [3.63, 3.8) is 0 Å². The van der Waals surface area contributed by atoms with Gasteiger partial charge in [-0.1, -0.05) is 49.2 Å². The normalized spacial score (nSPS) is 22.5. The lowest BCUT2D eigenvalue weighted by molar-refractivity contribution is 0.0862. The van der Waals surface area contributed by atoms with Gasteiger partial charge in [-0.15, -0.1) is 0 Å². The van der Waals surface area contributed by atoms with Crippen molar-refractivity contribution >= 4 is 16.8 Å². The molecule has 5 aromatic carbocycles. The van der Waals surface area contributed by atoms with Crippen molar-refractivity contribution < 1.29 is 23.7 Å². The van der Waals surface area contributed by atoms with Gasteiger partial charge in [0, 0.05) is 27.5 Å². The molecule has 3 aliphatic carbocycles. The highest BCUT2D eigenvalue weighted by molar-refractivity contribution is 6.09. The molecular weight excluding hydrogens is 608 g/mol. The maximum Gasteiger partial charge on any atom is 0.178 e. The average molecular weight is 651 g/mol. The summed E-state index contributed by atoms with van der Waals surface area (Å²) in [5.74, 6) is 5.39. The van der Waals surface area contributed by atoms with E-state index in [1.54, 1.807) is 28.4 Å². The molecule has 0 radical (unpaired) electrons. The van der Waals surface area contributed by atoms with Crippen molar-refractivity contribution in [3.8, 4) is 39.9 Å². The first kappa shape index (κ1) is 30.2. The predicted octanol–water partition coefficient (Wildman–Crippen LogP) is 10.1. The molecule has 2 bridgehead atoms. The molecule has 248 valence electrons. The van der Waals surface area contributed by atoms with Gasteiger partial charge < -0.3 is 23.7 Å². The van der Waals surface area contributed by atoms with Gasteiger partial charge in [0.25, 0.3) is 0 Å². The fourth-order valence-corrected chi connectivity index (χ4v) is 10.1. The van der Waals surface area contributed by atoms with E-state index >= 15 is 0 Å². The van der Waals surface area contributed by atoms with Crippen molar-refractivity contribution in [3.05, 3.63) is 119 Å². The van der Waals surface area contributed by atoms with E-state index in [4.69, 9.17) is 23.7 Å². The Labute approximate surface area is 288 Å². The second-order valence-electron chi connectivity index (χ2n) is 14.1. The highest BCUT2D eigenvalue weighted by atomic mass is 16.5. The maximum atomic E-state index is 7.63. The lowest BCUT2D eigenvalue weighted by Gasteiger charge is -2.53. The van der Waals surface area contributed by atoms with Crippen LogP contribution in [-0.2, 0) is 11.0 Å². The summed E-state index contributed by atoms with van der Waals surface area (Å²) < 4.78 is 30.5. The second-order valence-corrected chi connectivity index (χ2v) is 14.1. The van der Waals surface area contributed by atoms with Crippen LogP contribution in [0.3, 0.4) is 0 Å². The Morgan fingerprint density at radius 3 is 1.69 bits per heavy atom. The van der Waals surface area contributed by atoms with Crippen molar-refractivity contribution in [2.24, 2.45) is 11.8 Å². The zero-order valence-electron chi connectivity index (χ0n) is 28.7. The molecule has 1 aliphatic heterocycles. The second kappa shape index (κ2) is 11.3. The summed E-state index contributed by atoms with van der Waals surface area (Å²) in [6.07, 6.45) is 12.2. The van der Waals surface area contributed by atoms with Gasteiger partial charge in [0.2, 0.25) is 0 Å². The standard InChI is InChI=1S/C44H42O5/c1-45-31-15-11-27(12-16-31)43(28-13-17-32(46-2)18-14-28)24-23-37-41-40(35-21-19-33(47-3)25-38(35)42(37)49-43)36-22-20-34(48-4)26-39(36)44(41)29-7-5-8-30(44)10-6-9-29/h11-26,29-30H,5-10H2,1-4H3. The monoisotopic (exact) mass is 650 g/mol. The molecule has 5 aromatic rings. The first-order valence-corrected chi connectivity index (χ1v) is 17.6. The number of ether oxygens (including phenoxy) is 5. The number of hydrogen-bond acceptors (Lipinski definition) is 5. The molecule has 49 heavy (non-hydrogen) atoms. The van der Waals surface area contributed by atoms with Crippen LogP contribution in [0.4, 0.5) is 0 Å². The minimum atomic E-state index is -0.889. The predicted molar refractivity (Wildman–Crippen MR) is 194 cm³/mol. The minimum Gasteiger partial charge on any atom is -0.497 e. The molecule has 2 fully saturated rings. The first-order chi connectivity index (χ1) is 24.0. The van der Waals surface area contributed by atoms with Gasteiger partial charge in [-0.05, 0) is 126 Å². The third-order valence-electron chi connectivity index (χ3n) is 12.1. The molecule has 0 N–H and O–H groups in total. The third-order valence-corrected chi connectivity index (χ3v) is 12.1. The van der Waals surface area contributed by atoms with Gasteiger partial charge in [-0.3, -0.25) is 0 Å². The summed E-state index contributed by atoms with van der Waals surface area (Å²) in [5.41, 5.74) is 7.84. The summed E-state index contributed by atoms with van der Waals surface area (Å²) in [6, 6.07) is 29.8. The Hall–Kier alpha value is -4.90. The summed E-state index contributed by atoms with van der Waals surface area (Å²) in [5, 5.41) is 2.26. The zero-order valence-corrected chi connectivity index (χ0v) is 28.7. The van der Waals surface area contributed by atoms with Crippen molar-refractivity contribution in [2.45, 2.75) is 49.5 Å². The van der Waals surface area contributed by atoms with Gasteiger partial charge >= 0.3 is 0 Å². The molecule has 0 aromatic heterocycles. The summed E-state index contributed by atoms with van der Waals surface area (Å²) in [4.78, 5) is 0. The number of benzene rings is 5. The molecule has 2 saturated carbocycles. The summed E-state index contributed by atoms with van der Waals surface area (Å²) in [7, 11) is 6.92. The van der Waals surface area contributed by atoms with E-state index < -0.39 is 5.60 Å². The molecule has 4 aliphatic rings. The zero-order chi connectivity index (χ0) is 33.3. The highest BCUT2D eigenvalue weighted by Crippen LogP contribution is 2.68. The SMILES string of the molecule is COc1ccc(C2(c3ccc(OC)cc3)C=Cc3c4c(c5ccc(OC)cc5c3O2)-c2ccc(OC)cc2C42C3CCCC2CCC3)cc1. The van der Waals surface area contributed by atoms with Crippen LogP contribution in [0.2, 0.25) is 0 Å². The summed E-state index contributed by atoms with van der Waals surface area (Å²) in [6.45, 7) is 0. The van der Waals surface area contributed by atoms with Crippen LogP contribution in [0.25, 0.3) is 28.0 Å². The van der Waals surface area contributed by atoms with Crippen LogP contribution in [0.1, 0.15) is 66.3 Å². The van der Waals surface area contributed by atoms with Gasteiger partial charge in [0.1, 0.15) is 28.7 Å². The summed E-state index contributed by atoms with van der Waals surface area (Å²) >= 11 is 0.